The molecule has 4 heterocycles. The van der Waals surface area contributed by atoms with Crippen LogP contribution in [-0.2, 0) is 20.2 Å². The molecule has 0 aliphatic carbocycles. The van der Waals surface area contributed by atoms with Gasteiger partial charge in [0.15, 0.2) is 17.2 Å². The summed E-state index contributed by atoms with van der Waals surface area (Å²) in [5.41, 5.74) is 7.87. The van der Waals surface area contributed by atoms with E-state index in [9.17, 15) is 14.7 Å². The molecule has 4 aromatic rings. The molecule has 0 unspecified atom stereocenters. The van der Waals surface area contributed by atoms with Crippen molar-refractivity contribution in [2.75, 3.05) is 5.73 Å². The van der Waals surface area contributed by atoms with Gasteiger partial charge in [-0.05, 0) is 12.1 Å². The highest BCUT2D eigenvalue weighted by molar-refractivity contribution is 5.97. The van der Waals surface area contributed by atoms with Crippen molar-refractivity contribution in [3.63, 3.8) is 0 Å². The van der Waals surface area contributed by atoms with Crippen molar-refractivity contribution in [2.24, 2.45) is 7.05 Å². The number of nitrogen functional groups attached to an aromatic ring is 1. The molecule has 0 atom stereocenters. The molecule has 11 heteroatoms. The average Bonchev–Trinajstić information content (AvgIpc) is 3.34. The van der Waals surface area contributed by atoms with Gasteiger partial charge in [0.1, 0.15) is 12.0 Å². The number of carbonyl (C=O) groups is 1. The maximum Gasteiger partial charge on any atom is 0.274 e. The highest BCUT2D eigenvalue weighted by Gasteiger charge is 2.22. The number of nitrogens with two attached hydrogens (primary N) is 1. The van der Waals surface area contributed by atoms with Gasteiger partial charge in [-0.25, -0.2) is 15.0 Å². The molecule has 4 aromatic heterocycles. The Morgan fingerprint density at radius 3 is 2.75 bits per heavy atom. The first-order chi connectivity index (χ1) is 15.5. The topological polar surface area (TPSA) is 162 Å². The molecular formula is C21H19N7O4. The fourth-order valence-corrected chi connectivity index (χ4v) is 3.06. The van der Waals surface area contributed by atoms with Gasteiger partial charge in [-0.2, -0.15) is 0 Å². The van der Waals surface area contributed by atoms with Crippen LogP contribution in [-0.4, -0.2) is 35.5 Å². The second-order valence-electron chi connectivity index (χ2n) is 6.81. The van der Waals surface area contributed by atoms with E-state index < -0.39 is 5.91 Å². The van der Waals surface area contributed by atoms with Crippen molar-refractivity contribution in [1.29, 1.82) is 0 Å². The number of hydrogen-bond acceptors (Lipinski definition) is 9. The summed E-state index contributed by atoms with van der Waals surface area (Å²) >= 11 is 0. The predicted octanol–water partition coefficient (Wildman–Crippen LogP) is 0.897. The maximum atomic E-state index is 12.9. The molecule has 0 bridgehead atoms. The zero-order chi connectivity index (χ0) is 22.7. The van der Waals surface area contributed by atoms with Gasteiger partial charge in [0.25, 0.3) is 5.91 Å². The average molecular weight is 433 g/mol. The molecule has 1 amide bonds. The van der Waals surface area contributed by atoms with E-state index in [2.05, 4.69) is 25.3 Å². The van der Waals surface area contributed by atoms with Crippen LogP contribution in [0.15, 0.2) is 58.3 Å². The Morgan fingerprint density at radius 2 is 2.03 bits per heavy atom. The molecule has 0 saturated heterocycles. The minimum Gasteiger partial charge on any atom is -0.443 e. The van der Waals surface area contributed by atoms with Crippen LogP contribution in [0.3, 0.4) is 0 Å². The number of carbonyl (C=O) groups excluding carboxylic acids is 1. The molecule has 0 aromatic carbocycles. The third kappa shape index (κ3) is 4.09. The first-order valence-electron chi connectivity index (χ1n) is 9.54. The smallest absolute Gasteiger partial charge is 0.274 e. The molecule has 0 saturated carbocycles. The fourth-order valence-electron chi connectivity index (χ4n) is 3.06. The highest BCUT2D eigenvalue weighted by atomic mass is 16.3. The number of nitrogens with zero attached hydrogens (tertiary/aromatic N) is 5. The van der Waals surface area contributed by atoms with E-state index >= 15 is 0 Å². The minimum atomic E-state index is -0.574. The maximum absolute atomic E-state index is 12.9. The number of rotatable bonds is 6. The third-order valence-corrected chi connectivity index (χ3v) is 4.70. The van der Waals surface area contributed by atoms with E-state index in [0.717, 1.165) is 0 Å². The Morgan fingerprint density at radius 1 is 1.19 bits per heavy atom. The number of aromatic nitrogens is 5. The summed E-state index contributed by atoms with van der Waals surface area (Å²) in [5.74, 6) is -0.525. The summed E-state index contributed by atoms with van der Waals surface area (Å²) in [5, 5.41) is 12.1. The summed E-state index contributed by atoms with van der Waals surface area (Å²) in [4.78, 5) is 41.7. The molecule has 0 aliphatic heterocycles. The second kappa shape index (κ2) is 8.78. The van der Waals surface area contributed by atoms with Crippen molar-refractivity contribution in [3.8, 4) is 22.8 Å². The molecule has 162 valence electrons. The lowest BCUT2D eigenvalue weighted by molar-refractivity contribution is 0.0946. The molecule has 32 heavy (non-hydrogen) atoms. The Hall–Kier alpha value is -4.38. The van der Waals surface area contributed by atoms with Gasteiger partial charge in [-0.15, -0.1) is 0 Å². The van der Waals surface area contributed by atoms with Gasteiger partial charge < -0.3 is 25.1 Å². The second-order valence-corrected chi connectivity index (χ2v) is 6.81. The van der Waals surface area contributed by atoms with Gasteiger partial charge in [0, 0.05) is 36.6 Å². The molecule has 0 spiro atoms. The molecule has 4 N–H and O–H groups in total. The number of aliphatic hydroxyl groups is 1. The lowest BCUT2D eigenvalue weighted by Gasteiger charge is -2.12. The van der Waals surface area contributed by atoms with Crippen LogP contribution in [0.25, 0.3) is 22.8 Å². The SMILES string of the molecule is Cn1cc(-c2nc(C(=O)NCc3ncccc3CO)c(N)nc2-c2ncco2)ccc1=O. The summed E-state index contributed by atoms with van der Waals surface area (Å²) in [6.45, 7) is -0.143. The number of hydrogen-bond donors (Lipinski definition) is 3. The molecular weight excluding hydrogens is 414 g/mol. The normalized spacial score (nSPS) is 10.8. The first kappa shape index (κ1) is 20.9. The van der Waals surface area contributed by atoms with Gasteiger partial charge in [-0.3, -0.25) is 14.6 Å². The Kier molecular flexibility index (Phi) is 5.73. The third-order valence-electron chi connectivity index (χ3n) is 4.70. The van der Waals surface area contributed by atoms with Gasteiger partial charge in [0.2, 0.25) is 11.4 Å². The van der Waals surface area contributed by atoms with Crippen LogP contribution in [0.2, 0.25) is 0 Å². The number of aliphatic hydroxyl groups excluding tert-OH is 1. The van der Waals surface area contributed by atoms with Crippen molar-refractivity contribution < 1.29 is 14.3 Å². The molecule has 11 nitrogen and oxygen atoms in total. The zero-order valence-electron chi connectivity index (χ0n) is 17.0. The number of nitrogens with one attached hydrogen (secondary N) is 1. The van der Waals surface area contributed by atoms with Crippen LogP contribution in [0.4, 0.5) is 5.82 Å². The number of oxazole rings is 1. The Bertz CT molecular complexity index is 1330. The van der Waals surface area contributed by atoms with Crippen LogP contribution >= 0.6 is 0 Å². The predicted molar refractivity (Wildman–Crippen MR) is 114 cm³/mol. The first-order valence-corrected chi connectivity index (χ1v) is 9.54. The van der Waals surface area contributed by atoms with E-state index in [-0.39, 0.29) is 47.5 Å². The molecule has 0 aliphatic rings. The van der Waals surface area contributed by atoms with E-state index in [1.54, 1.807) is 37.6 Å². The van der Waals surface area contributed by atoms with Crippen LogP contribution < -0.4 is 16.6 Å². The van der Waals surface area contributed by atoms with E-state index in [4.69, 9.17) is 10.2 Å². The van der Waals surface area contributed by atoms with Gasteiger partial charge >= 0.3 is 0 Å². The standard InChI is InChI=1S/C21H19N7O4/c1-28-10-12(4-5-15(28)30)16-17(21-24-7-8-32-21)27-19(22)18(26-16)20(31)25-9-14-13(11-29)3-2-6-23-14/h2-8,10,29H,9,11H2,1H3,(H2,22,27)(H,25,31). The Labute approximate surface area is 181 Å². The van der Waals surface area contributed by atoms with Crippen molar-refractivity contribution in [2.45, 2.75) is 13.2 Å². The minimum absolute atomic E-state index is 0.0628. The van der Waals surface area contributed by atoms with E-state index in [0.29, 0.717) is 16.8 Å². The number of anilines is 1. The summed E-state index contributed by atoms with van der Waals surface area (Å²) in [6, 6.07) is 6.36. The molecule has 0 fully saturated rings. The highest BCUT2D eigenvalue weighted by Crippen LogP contribution is 2.29. The number of amides is 1. The lowest BCUT2D eigenvalue weighted by atomic mass is 10.1. The van der Waals surface area contributed by atoms with Gasteiger partial charge in [-0.1, -0.05) is 6.07 Å². The molecule has 0 radical (unpaired) electrons. The van der Waals surface area contributed by atoms with E-state index in [1.807, 2.05) is 0 Å². The number of aryl methyl sites for hydroxylation is 1. The summed E-state index contributed by atoms with van der Waals surface area (Å²) in [6.07, 6.45) is 5.96. The fraction of sp³-hybridized carbons (Fsp3) is 0.143. The Balaban J connectivity index is 1.73. The zero-order valence-corrected chi connectivity index (χ0v) is 17.0. The summed E-state index contributed by atoms with van der Waals surface area (Å²) in [7, 11) is 1.60. The van der Waals surface area contributed by atoms with Crippen LogP contribution in [0, 0.1) is 0 Å². The number of pyridine rings is 2. The quantitative estimate of drug-likeness (QED) is 0.401. The lowest BCUT2D eigenvalue weighted by Crippen LogP contribution is -2.27. The summed E-state index contributed by atoms with van der Waals surface area (Å²) < 4.78 is 6.73. The largest absolute Gasteiger partial charge is 0.443 e. The van der Waals surface area contributed by atoms with E-state index in [1.165, 1.54) is 23.1 Å². The monoisotopic (exact) mass is 433 g/mol. The van der Waals surface area contributed by atoms with Crippen molar-refractivity contribution in [1.82, 2.24) is 29.8 Å². The van der Waals surface area contributed by atoms with Crippen molar-refractivity contribution in [3.05, 3.63) is 76.4 Å². The van der Waals surface area contributed by atoms with Crippen LogP contribution in [0.5, 0.6) is 0 Å². The van der Waals surface area contributed by atoms with Crippen molar-refractivity contribution >= 4 is 11.7 Å². The van der Waals surface area contributed by atoms with Crippen LogP contribution in [0.1, 0.15) is 21.7 Å². The molecule has 4 rings (SSSR count). The van der Waals surface area contributed by atoms with Gasteiger partial charge in [0.05, 0.1) is 25.0 Å².